The minimum atomic E-state index is 0. The van der Waals surface area contributed by atoms with E-state index in [0.717, 1.165) is 32.1 Å². The van der Waals surface area contributed by atoms with Crippen LogP contribution in [0.5, 0.6) is 0 Å². The van der Waals surface area contributed by atoms with Gasteiger partial charge in [0.05, 0.1) is 6.54 Å². The Morgan fingerprint density at radius 1 is 1.24 bits per heavy atom. The second-order valence-corrected chi connectivity index (χ2v) is 6.42. The maximum absolute atomic E-state index is 12.6. The zero-order valence-corrected chi connectivity index (χ0v) is 14.5. The second kappa shape index (κ2) is 9.65. The molecule has 1 aliphatic carbocycles. The maximum Gasteiger partial charge on any atom is 0.236 e. The molecule has 1 atom stereocenters. The van der Waals surface area contributed by atoms with Gasteiger partial charge in [0.1, 0.15) is 0 Å². The monoisotopic (exact) mass is 317 g/mol. The molecule has 5 heteroatoms. The van der Waals surface area contributed by atoms with Gasteiger partial charge in [-0.25, -0.2) is 0 Å². The highest BCUT2D eigenvalue weighted by atomic mass is 35.5. The normalized spacial score (nSPS) is 23.8. The highest BCUT2D eigenvalue weighted by Crippen LogP contribution is 2.23. The van der Waals surface area contributed by atoms with Crippen molar-refractivity contribution in [1.29, 1.82) is 0 Å². The Hall–Kier alpha value is -0.320. The third-order valence-corrected chi connectivity index (χ3v) is 4.90. The van der Waals surface area contributed by atoms with Crippen LogP contribution < -0.4 is 5.32 Å². The largest absolute Gasteiger partial charge is 0.339 e. The van der Waals surface area contributed by atoms with Gasteiger partial charge in [0.2, 0.25) is 5.91 Å². The predicted molar refractivity (Wildman–Crippen MR) is 90.0 cm³/mol. The number of likely N-dealkylation sites (tertiary alicyclic amines) is 1. The van der Waals surface area contributed by atoms with Gasteiger partial charge in [-0.1, -0.05) is 19.3 Å². The zero-order chi connectivity index (χ0) is 14.4. The minimum Gasteiger partial charge on any atom is -0.339 e. The first kappa shape index (κ1) is 18.7. The minimum absolute atomic E-state index is 0. The van der Waals surface area contributed by atoms with Gasteiger partial charge in [-0.15, -0.1) is 12.4 Å². The molecular weight excluding hydrogens is 286 g/mol. The van der Waals surface area contributed by atoms with Crippen LogP contribution in [0, 0.1) is 5.92 Å². The second-order valence-electron chi connectivity index (χ2n) is 6.42. The van der Waals surface area contributed by atoms with Crippen molar-refractivity contribution in [2.24, 2.45) is 5.92 Å². The number of hydrogen-bond donors (Lipinski definition) is 1. The number of nitrogens with one attached hydrogen (secondary N) is 1. The average Bonchev–Trinajstić information content (AvgIpc) is 2.88. The molecule has 0 radical (unpaired) electrons. The van der Waals surface area contributed by atoms with Gasteiger partial charge in [0.15, 0.2) is 0 Å². The lowest BCUT2D eigenvalue weighted by molar-refractivity contribution is -0.135. The molecule has 4 nitrogen and oxygen atoms in total. The predicted octanol–water partition coefficient (Wildman–Crippen LogP) is 2.13. The number of rotatable bonds is 6. The van der Waals surface area contributed by atoms with E-state index in [1.165, 1.54) is 38.5 Å². The summed E-state index contributed by atoms with van der Waals surface area (Å²) >= 11 is 0. The summed E-state index contributed by atoms with van der Waals surface area (Å²) in [6.07, 6.45) is 7.58. The number of hydrogen-bond acceptors (Lipinski definition) is 3. The number of carbonyl (C=O) groups is 1. The van der Waals surface area contributed by atoms with E-state index in [9.17, 15) is 4.79 Å². The fourth-order valence-electron chi connectivity index (χ4n) is 3.82. The molecule has 1 saturated heterocycles. The van der Waals surface area contributed by atoms with Crippen LogP contribution in [0.1, 0.15) is 45.4 Å². The van der Waals surface area contributed by atoms with Gasteiger partial charge in [0, 0.05) is 19.1 Å². The third kappa shape index (κ3) is 5.42. The molecule has 1 aliphatic heterocycles. The molecule has 21 heavy (non-hydrogen) atoms. The molecule has 0 bridgehead atoms. The Labute approximate surface area is 136 Å². The number of halogens is 1. The van der Waals surface area contributed by atoms with Gasteiger partial charge >= 0.3 is 0 Å². The molecule has 0 aromatic rings. The summed E-state index contributed by atoms with van der Waals surface area (Å²) in [4.78, 5) is 17.0. The van der Waals surface area contributed by atoms with Gasteiger partial charge < -0.3 is 10.2 Å². The van der Waals surface area contributed by atoms with Crippen molar-refractivity contribution in [2.75, 3.05) is 39.8 Å². The Kier molecular flexibility index (Phi) is 8.60. The van der Waals surface area contributed by atoms with E-state index in [4.69, 9.17) is 0 Å². The van der Waals surface area contributed by atoms with Crippen molar-refractivity contribution in [3.05, 3.63) is 0 Å². The van der Waals surface area contributed by atoms with Crippen LogP contribution in [0.25, 0.3) is 0 Å². The van der Waals surface area contributed by atoms with Crippen LogP contribution in [0.15, 0.2) is 0 Å². The highest BCUT2D eigenvalue weighted by Gasteiger charge is 2.28. The van der Waals surface area contributed by atoms with E-state index in [1.54, 1.807) is 0 Å². The van der Waals surface area contributed by atoms with Crippen LogP contribution >= 0.6 is 12.4 Å². The smallest absolute Gasteiger partial charge is 0.236 e. The van der Waals surface area contributed by atoms with Crippen molar-refractivity contribution in [3.8, 4) is 0 Å². The Balaban J connectivity index is 0.00000220. The molecule has 0 aromatic carbocycles. The molecule has 1 heterocycles. The maximum atomic E-state index is 12.6. The topological polar surface area (TPSA) is 35.6 Å². The van der Waals surface area contributed by atoms with E-state index >= 15 is 0 Å². The standard InChI is InChI=1S/C16H31N3O.ClH/c1-3-19(15-7-5-4-6-8-15)16(20)13-18-10-9-14(12-18)11-17-2;/h14-15,17H,3-13H2,1-2H3;1H. The van der Waals surface area contributed by atoms with Crippen LogP contribution in [-0.4, -0.2) is 61.5 Å². The lowest BCUT2D eigenvalue weighted by Gasteiger charge is -2.34. The molecule has 1 saturated carbocycles. The van der Waals surface area contributed by atoms with Crippen LogP contribution in [-0.2, 0) is 4.79 Å². The Morgan fingerprint density at radius 2 is 1.95 bits per heavy atom. The zero-order valence-electron chi connectivity index (χ0n) is 13.6. The van der Waals surface area contributed by atoms with Crippen molar-refractivity contribution in [3.63, 3.8) is 0 Å². The van der Waals surface area contributed by atoms with Gasteiger partial charge in [0.25, 0.3) is 0 Å². The molecular formula is C16H32ClN3O. The van der Waals surface area contributed by atoms with Crippen LogP contribution in [0.3, 0.4) is 0 Å². The summed E-state index contributed by atoms with van der Waals surface area (Å²) in [6.45, 7) is 6.86. The van der Waals surface area contributed by atoms with E-state index < -0.39 is 0 Å². The van der Waals surface area contributed by atoms with E-state index in [0.29, 0.717) is 18.5 Å². The van der Waals surface area contributed by atoms with Gasteiger partial charge in [-0.05, 0) is 52.2 Å². The van der Waals surface area contributed by atoms with E-state index in [-0.39, 0.29) is 12.4 Å². The fraction of sp³-hybridized carbons (Fsp3) is 0.938. The summed E-state index contributed by atoms with van der Waals surface area (Å²) in [5.74, 6) is 1.07. The number of likely N-dealkylation sites (N-methyl/N-ethyl adjacent to an activating group) is 1. The Morgan fingerprint density at radius 3 is 2.57 bits per heavy atom. The average molecular weight is 318 g/mol. The van der Waals surface area contributed by atoms with Gasteiger partial charge in [-0.3, -0.25) is 9.69 Å². The summed E-state index contributed by atoms with van der Waals surface area (Å²) in [6, 6.07) is 0.511. The molecule has 2 aliphatic rings. The van der Waals surface area contributed by atoms with E-state index in [2.05, 4.69) is 22.0 Å². The van der Waals surface area contributed by atoms with Gasteiger partial charge in [-0.2, -0.15) is 0 Å². The molecule has 1 amide bonds. The highest BCUT2D eigenvalue weighted by molar-refractivity contribution is 5.85. The number of amides is 1. The first-order chi connectivity index (χ1) is 9.74. The fourth-order valence-corrected chi connectivity index (χ4v) is 3.82. The number of carbonyl (C=O) groups excluding carboxylic acids is 1. The summed E-state index contributed by atoms with van der Waals surface area (Å²) < 4.78 is 0. The van der Waals surface area contributed by atoms with E-state index in [1.807, 2.05) is 7.05 Å². The molecule has 0 spiro atoms. The molecule has 124 valence electrons. The SMILES string of the molecule is CCN(C(=O)CN1CCC(CNC)C1)C1CCCCC1.Cl. The first-order valence-corrected chi connectivity index (χ1v) is 8.41. The lowest BCUT2D eigenvalue weighted by atomic mass is 9.94. The van der Waals surface area contributed by atoms with Crippen molar-refractivity contribution in [1.82, 2.24) is 15.1 Å². The van der Waals surface area contributed by atoms with Crippen LogP contribution in [0.4, 0.5) is 0 Å². The molecule has 0 aromatic heterocycles. The summed E-state index contributed by atoms with van der Waals surface area (Å²) in [7, 11) is 2.01. The summed E-state index contributed by atoms with van der Waals surface area (Å²) in [5.41, 5.74) is 0. The molecule has 2 fully saturated rings. The van der Waals surface area contributed by atoms with Crippen molar-refractivity contribution >= 4 is 18.3 Å². The quantitative estimate of drug-likeness (QED) is 0.815. The lowest BCUT2D eigenvalue weighted by Crippen LogP contribution is -2.46. The van der Waals surface area contributed by atoms with Crippen molar-refractivity contribution in [2.45, 2.75) is 51.5 Å². The Bertz CT molecular complexity index is 308. The van der Waals surface area contributed by atoms with Crippen molar-refractivity contribution < 1.29 is 4.79 Å². The molecule has 1 unspecified atom stereocenters. The number of nitrogens with zero attached hydrogens (tertiary/aromatic N) is 2. The third-order valence-electron chi connectivity index (χ3n) is 4.90. The molecule has 1 N–H and O–H groups in total. The summed E-state index contributed by atoms with van der Waals surface area (Å²) in [5, 5.41) is 3.25. The van der Waals surface area contributed by atoms with Crippen LogP contribution in [0.2, 0.25) is 0 Å². The first-order valence-electron chi connectivity index (χ1n) is 8.41. The molecule has 2 rings (SSSR count).